The third-order valence-electron chi connectivity index (χ3n) is 4.78. The standard InChI is InChI=1S/C20H28N4O6/c1-12(25)17(20(29)30)24-19(28)15(10-13-6-3-2-4-7-13)23-16(26)11-22-18(27)14-8-5-9-21-14/h2-4,6-7,12,14-15,17,21,25H,5,8-11H2,1H3,(H,22,27)(H,23,26)(H,24,28)(H,29,30). The number of aliphatic hydroxyl groups is 1. The highest BCUT2D eigenvalue weighted by molar-refractivity contribution is 5.92. The van der Waals surface area contributed by atoms with E-state index in [-0.39, 0.29) is 24.9 Å². The number of carbonyl (C=O) groups excluding carboxylic acids is 3. The lowest BCUT2D eigenvalue weighted by molar-refractivity contribution is -0.145. The summed E-state index contributed by atoms with van der Waals surface area (Å²) < 4.78 is 0. The normalized spacial score (nSPS) is 18.7. The fourth-order valence-electron chi connectivity index (χ4n) is 3.15. The van der Waals surface area contributed by atoms with Gasteiger partial charge < -0.3 is 31.5 Å². The summed E-state index contributed by atoms with van der Waals surface area (Å²) in [7, 11) is 0. The number of benzene rings is 1. The van der Waals surface area contributed by atoms with Crippen molar-refractivity contribution in [3.8, 4) is 0 Å². The van der Waals surface area contributed by atoms with Crippen LogP contribution in [0.1, 0.15) is 25.3 Å². The van der Waals surface area contributed by atoms with Gasteiger partial charge in [0.1, 0.15) is 6.04 Å². The van der Waals surface area contributed by atoms with Crippen molar-refractivity contribution in [3.63, 3.8) is 0 Å². The minimum absolute atomic E-state index is 0.114. The second kappa shape index (κ2) is 11.3. The van der Waals surface area contributed by atoms with Gasteiger partial charge in [0.25, 0.3) is 0 Å². The number of nitrogens with one attached hydrogen (secondary N) is 4. The average Bonchev–Trinajstić information content (AvgIpc) is 3.24. The summed E-state index contributed by atoms with van der Waals surface area (Å²) in [6, 6.07) is 5.96. The fraction of sp³-hybridized carbons (Fsp3) is 0.500. The number of hydrogen-bond donors (Lipinski definition) is 6. The second-order valence-electron chi connectivity index (χ2n) is 7.24. The number of carboxylic acid groups (broad SMARTS) is 1. The molecule has 1 aromatic carbocycles. The summed E-state index contributed by atoms with van der Waals surface area (Å²) in [6.07, 6.45) is 0.376. The molecule has 0 bridgehead atoms. The highest BCUT2D eigenvalue weighted by Crippen LogP contribution is 2.06. The molecule has 4 unspecified atom stereocenters. The Balaban J connectivity index is 2.01. The molecular weight excluding hydrogens is 392 g/mol. The summed E-state index contributed by atoms with van der Waals surface area (Å²) >= 11 is 0. The van der Waals surface area contributed by atoms with E-state index in [1.54, 1.807) is 30.3 Å². The topological polar surface area (TPSA) is 157 Å². The van der Waals surface area contributed by atoms with Gasteiger partial charge in [-0.25, -0.2) is 4.79 Å². The number of rotatable bonds is 10. The Morgan fingerprint density at radius 2 is 1.87 bits per heavy atom. The SMILES string of the molecule is CC(O)C(NC(=O)C(Cc1ccccc1)NC(=O)CNC(=O)C1CCCN1)C(=O)O. The van der Waals surface area contributed by atoms with Crippen LogP contribution >= 0.6 is 0 Å². The number of carboxylic acids is 1. The molecule has 1 aromatic rings. The van der Waals surface area contributed by atoms with Gasteiger partial charge in [0, 0.05) is 6.42 Å². The predicted octanol–water partition coefficient (Wildman–Crippen LogP) is -1.47. The Hall–Kier alpha value is -2.98. The maximum absolute atomic E-state index is 12.7. The molecule has 0 radical (unpaired) electrons. The minimum atomic E-state index is -1.51. The molecule has 3 amide bonds. The largest absolute Gasteiger partial charge is 0.480 e. The first-order valence-electron chi connectivity index (χ1n) is 9.83. The van der Waals surface area contributed by atoms with E-state index in [9.17, 15) is 29.4 Å². The number of aliphatic carboxylic acids is 1. The zero-order chi connectivity index (χ0) is 22.1. The highest BCUT2D eigenvalue weighted by Gasteiger charge is 2.30. The van der Waals surface area contributed by atoms with Crippen LogP contribution in [0.25, 0.3) is 0 Å². The average molecular weight is 420 g/mol. The van der Waals surface area contributed by atoms with Crippen molar-refractivity contribution in [3.05, 3.63) is 35.9 Å². The molecule has 2 rings (SSSR count). The van der Waals surface area contributed by atoms with Crippen LogP contribution in [-0.4, -0.2) is 71.2 Å². The van der Waals surface area contributed by atoms with Gasteiger partial charge in [-0.3, -0.25) is 14.4 Å². The van der Waals surface area contributed by atoms with Gasteiger partial charge >= 0.3 is 5.97 Å². The van der Waals surface area contributed by atoms with Crippen LogP contribution in [0.15, 0.2) is 30.3 Å². The van der Waals surface area contributed by atoms with E-state index in [2.05, 4.69) is 21.3 Å². The number of aliphatic hydroxyl groups excluding tert-OH is 1. The van der Waals surface area contributed by atoms with Gasteiger partial charge in [-0.15, -0.1) is 0 Å². The molecule has 10 heteroatoms. The molecule has 30 heavy (non-hydrogen) atoms. The minimum Gasteiger partial charge on any atom is -0.480 e. The van der Waals surface area contributed by atoms with Crippen LogP contribution in [0.5, 0.6) is 0 Å². The Kier molecular flexibility index (Phi) is 8.75. The van der Waals surface area contributed by atoms with Crippen LogP contribution in [-0.2, 0) is 25.6 Å². The van der Waals surface area contributed by atoms with E-state index in [0.29, 0.717) is 6.42 Å². The van der Waals surface area contributed by atoms with Crippen molar-refractivity contribution in [1.29, 1.82) is 0 Å². The summed E-state index contributed by atoms with van der Waals surface area (Å²) in [5.41, 5.74) is 0.751. The quantitative estimate of drug-likeness (QED) is 0.270. The third kappa shape index (κ3) is 7.12. The van der Waals surface area contributed by atoms with Crippen LogP contribution < -0.4 is 21.3 Å². The molecular formula is C20H28N4O6. The van der Waals surface area contributed by atoms with E-state index in [1.165, 1.54) is 6.92 Å². The first kappa shape index (κ1) is 23.3. The summed E-state index contributed by atoms with van der Waals surface area (Å²) in [5.74, 6) is -3.00. The van der Waals surface area contributed by atoms with Gasteiger partial charge in [-0.05, 0) is 31.9 Å². The van der Waals surface area contributed by atoms with E-state index in [0.717, 1.165) is 18.5 Å². The first-order chi connectivity index (χ1) is 14.3. The number of amides is 3. The molecule has 1 aliphatic heterocycles. The molecule has 0 aliphatic carbocycles. The van der Waals surface area contributed by atoms with Crippen LogP contribution in [0, 0.1) is 0 Å². The van der Waals surface area contributed by atoms with Crippen LogP contribution in [0.2, 0.25) is 0 Å². The van der Waals surface area contributed by atoms with Crippen molar-refractivity contribution >= 4 is 23.7 Å². The van der Waals surface area contributed by atoms with Gasteiger partial charge in [0.05, 0.1) is 18.7 Å². The summed E-state index contributed by atoms with van der Waals surface area (Å²) in [5, 5.41) is 29.1. The maximum Gasteiger partial charge on any atom is 0.328 e. The van der Waals surface area contributed by atoms with Crippen molar-refractivity contribution in [2.24, 2.45) is 0 Å². The molecule has 0 saturated carbocycles. The highest BCUT2D eigenvalue weighted by atomic mass is 16.4. The fourth-order valence-corrected chi connectivity index (χ4v) is 3.15. The van der Waals surface area contributed by atoms with Crippen molar-refractivity contribution in [2.75, 3.05) is 13.1 Å². The molecule has 1 saturated heterocycles. The lowest BCUT2D eigenvalue weighted by Crippen LogP contribution is -2.56. The van der Waals surface area contributed by atoms with E-state index in [1.807, 2.05) is 0 Å². The zero-order valence-corrected chi connectivity index (χ0v) is 16.8. The number of carbonyl (C=O) groups is 4. The summed E-state index contributed by atoms with van der Waals surface area (Å²) in [4.78, 5) is 48.3. The molecule has 6 N–H and O–H groups in total. The van der Waals surface area contributed by atoms with Crippen molar-refractivity contribution < 1.29 is 29.4 Å². The predicted molar refractivity (Wildman–Crippen MR) is 107 cm³/mol. The van der Waals surface area contributed by atoms with Crippen LogP contribution in [0.4, 0.5) is 0 Å². The molecule has 1 heterocycles. The molecule has 0 aromatic heterocycles. The monoisotopic (exact) mass is 420 g/mol. The smallest absolute Gasteiger partial charge is 0.328 e. The lowest BCUT2D eigenvalue weighted by Gasteiger charge is -2.23. The summed E-state index contributed by atoms with van der Waals surface area (Å²) in [6.45, 7) is 1.68. The maximum atomic E-state index is 12.7. The van der Waals surface area contributed by atoms with Crippen molar-refractivity contribution in [1.82, 2.24) is 21.3 Å². The first-order valence-corrected chi connectivity index (χ1v) is 9.83. The van der Waals surface area contributed by atoms with E-state index >= 15 is 0 Å². The van der Waals surface area contributed by atoms with Gasteiger partial charge in [0.2, 0.25) is 17.7 Å². The second-order valence-corrected chi connectivity index (χ2v) is 7.24. The van der Waals surface area contributed by atoms with E-state index in [4.69, 9.17) is 0 Å². The Morgan fingerprint density at radius 3 is 2.43 bits per heavy atom. The lowest BCUT2D eigenvalue weighted by atomic mass is 10.0. The van der Waals surface area contributed by atoms with E-state index < -0.39 is 36.0 Å². The molecule has 0 spiro atoms. The zero-order valence-electron chi connectivity index (χ0n) is 16.8. The van der Waals surface area contributed by atoms with Gasteiger partial charge in [0.15, 0.2) is 6.04 Å². The molecule has 164 valence electrons. The third-order valence-corrected chi connectivity index (χ3v) is 4.78. The Labute approximate surface area is 174 Å². The molecule has 1 aliphatic rings. The Bertz CT molecular complexity index is 749. The Morgan fingerprint density at radius 1 is 1.17 bits per heavy atom. The van der Waals surface area contributed by atoms with Gasteiger partial charge in [-0.1, -0.05) is 30.3 Å². The molecule has 10 nitrogen and oxygen atoms in total. The molecule has 1 fully saturated rings. The molecule has 4 atom stereocenters. The van der Waals surface area contributed by atoms with Gasteiger partial charge in [-0.2, -0.15) is 0 Å². The van der Waals surface area contributed by atoms with Crippen LogP contribution in [0.3, 0.4) is 0 Å². The van der Waals surface area contributed by atoms with Crippen molar-refractivity contribution in [2.45, 2.75) is 50.4 Å². The number of hydrogen-bond acceptors (Lipinski definition) is 6.